The standard InChI is InChI=1S/C10H12N2O3/c1-6(10(15)11-7-2-3-7)12-8(13)4-5-9(12)14/h4-7H,2-3H2,1H3,(H,11,15). The van der Waals surface area contributed by atoms with Crippen molar-refractivity contribution in [1.29, 1.82) is 0 Å². The fraction of sp³-hybridized carbons (Fsp3) is 0.500. The summed E-state index contributed by atoms with van der Waals surface area (Å²) in [7, 11) is 0. The summed E-state index contributed by atoms with van der Waals surface area (Å²) < 4.78 is 0. The van der Waals surface area contributed by atoms with E-state index in [9.17, 15) is 14.4 Å². The SMILES string of the molecule is CC(C(=O)NC1CC1)N1C(=O)C=CC1=O. The molecule has 0 aromatic rings. The van der Waals surface area contributed by atoms with Crippen molar-refractivity contribution in [1.82, 2.24) is 10.2 Å². The first kappa shape index (κ1) is 9.89. The number of hydrogen-bond acceptors (Lipinski definition) is 3. The van der Waals surface area contributed by atoms with Gasteiger partial charge in [-0.1, -0.05) is 0 Å². The van der Waals surface area contributed by atoms with E-state index in [1.165, 1.54) is 12.2 Å². The zero-order valence-corrected chi connectivity index (χ0v) is 8.40. The second kappa shape index (κ2) is 3.49. The molecule has 1 unspecified atom stereocenters. The predicted octanol–water partition coefficient (Wildman–Crippen LogP) is -0.422. The van der Waals surface area contributed by atoms with Crippen molar-refractivity contribution in [2.24, 2.45) is 0 Å². The lowest BCUT2D eigenvalue weighted by Gasteiger charge is -2.21. The van der Waals surface area contributed by atoms with Gasteiger partial charge >= 0.3 is 0 Å². The van der Waals surface area contributed by atoms with Gasteiger partial charge in [-0.3, -0.25) is 19.3 Å². The van der Waals surface area contributed by atoms with Crippen LogP contribution in [-0.2, 0) is 14.4 Å². The number of amides is 3. The van der Waals surface area contributed by atoms with Gasteiger partial charge in [0.15, 0.2) is 0 Å². The smallest absolute Gasteiger partial charge is 0.254 e. The fourth-order valence-corrected chi connectivity index (χ4v) is 1.46. The minimum Gasteiger partial charge on any atom is -0.352 e. The summed E-state index contributed by atoms with van der Waals surface area (Å²) >= 11 is 0. The highest BCUT2D eigenvalue weighted by Gasteiger charge is 2.34. The van der Waals surface area contributed by atoms with Crippen molar-refractivity contribution in [3.8, 4) is 0 Å². The summed E-state index contributed by atoms with van der Waals surface area (Å²) in [6.45, 7) is 1.56. The lowest BCUT2D eigenvalue weighted by molar-refractivity contribution is -0.144. The molecule has 1 atom stereocenters. The molecule has 15 heavy (non-hydrogen) atoms. The number of hydrogen-bond donors (Lipinski definition) is 1. The molecular weight excluding hydrogens is 196 g/mol. The van der Waals surface area contributed by atoms with E-state index in [1.54, 1.807) is 6.92 Å². The zero-order valence-electron chi connectivity index (χ0n) is 8.40. The largest absolute Gasteiger partial charge is 0.352 e. The molecule has 3 amide bonds. The first-order valence-electron chi connectivity index (χ1n) is 4.95. The van der Waals surface area contributed by atoms with Crippen molar-refractivity contribution in [2.45, 2.75) is 31.8 Å². The molecule has 1 N–H and O–H groups in total. The average molecular weight is 208 g/mol. The van der Waals surface area contributed by atoms with E-state index in [0.29, 0.717) is 0 Å². The first-order valence-corrected chi connectivity index (χ1v) is 4.95. The van der Waals surface area contributed by atoms with Gasteiger partial charge in [0.25, 0.3) is 11.8 Å². The number of carbonyl (C=O) groups excluding carboxylic acids is 3. The molecule has 1 fully saturated rings. The lowest BCUT2D eigenvalue weighted by atomic mass is 10.2. The van der Waals surface area contributed by atoms with Gasteiger partial charge < -0.3 is 5.32 Å². The highest BCUT2D eigenvalue weighted by molar-refractivity contribution is 6.15. The summed E-state index contributed by atoms with van der Waals surface area (Å²) in [5.41, 5.74) is 0. The normalized spacial score (nSPS) is 22.1. The number of nitrogens with one attached hydrogen (secondary N) is 1. The van der Waals surface area contributed by atoms with E-state index in [0.717, 1.165) is 17.7 Å². The average Bonchev–Trinajstić information content (AvgIpc) is 2.93. The van der Waals surface area contributed by atoms with Gasteiger partial charge in [0.2, 0.25) is 5.91 Å². The minimum atomic E-state index is -0.722. The molecule has 2 rings (SSSR count). The summed E-state index contributed by atoms with van der Waals surface area (Å²) in [6.07, 6.45) is 4.34. The summed E-state index contributed by atoms with van der Waals surface area (Å²) in [4.78, 5) is 35.1. The Morgan fingerprint density at radius 2 is 1.93 bits per heavy atom. The molecule has 5 heteroatoms. The molecular formula is C10H12N2O3. The highest BCUT2D eigenvalue weighted by Crippen LogP contribution is 2.19. The van der Waals surface area contributed by atoms with E-state index >= 15 is 0 Å². The van der Waals surface area contributed by atoms with Crippen molar-refractivity contribution in [3.05, 3.63) is 12.2 Å². The maximum absolute atomic E-state index is 11.6. The van der Waals surface area contributed by atoms with Crippen molar-refractivity contribution < 1.29 is 14.4 Å². The van der Waals surface area contributed by atoms with Crippen molar-refractivity contribution in [2.75, 3.05) is 0 Å². The second-order valence-electron chi connectivity index (χ2n) is 3.84. The van der Waals surface area contributed by atoms with Crippen molar-refractivity contribution >= 4 is 17.7 Å². The third kappa shape index (κ3) is 1.91. The van der Waals surface area contributed by atoms with Gasteiger partial charge in [0, 0.05) is 18.2 Å². The molecule has 5 nitrogen and oxygen atoms in total. The van der Waals surface area contributed by atoms with Gasteiger partial charge in [-0.2, -0.15) is 0 Å². The van der Waals surface area contributed by atoms with E-state index in [2.05, 4.69) is 5.32 Å². The van der Waals surface area contributed by atoms with Crippen LogP contribution in [0.2, 0.25) is 0 Å². The number of rotatable bonds is 3. The molecule has 1 aliphatic carbocycles. The summed E-state index contributed by atoms with van der Waals surface area (Å²) in [6, 6.07) is -0.485. The van der Waals surface area contributed by atoms with E-state index < -0.39 is 17.9 Å². The van der Waals surface area contributed by atoms with Crippen LogP contribution in [0, 0.1) is 0 Å². The van der Waals surface area contributed by atoms with Crippen LogP contribution in [0.1, 0.15) is 19.8 Å². The van der Waals surface area contributed by atoms with E-state index in [-0.39, 0.29) is 11.9 Å². The molecule has 1 aliphatic heterocycles. The molecule has 0 bridgehead atoms. The molecule has 0 spiro atoms. The maximum Gasteiger partial charge on any atom is 0.254 e. The predicted molar refractivity (Wildman–Crippen MR) is 51.6 cm³/mol. The minimum absolute atomic E-state index is 0.237. The Balaban J connectivity index is 1.99. The number of carbonyl (C=O) groups is 3. The molecule has 1 heterocycles. The van der Waals surface area contributed by atoms with Crippen LogP contribution in [0.3, 0.4) is 0 Å². The number of imide groups is 1. The molecule has 0 aromatic carbocycles. The maximum atomic E-state index is 11.6. The quantitative estimate of drug-likeness (QED) is 0.640. The summed E-state index contributed by atoms with van der Waals surface area (Å²) in [5.74, 6) is -1.10. The Kier molecular flexibility index (Phi) is 2.30. The van der Waals surface area contributed by atoms with Crippen molar-refractivity contribution in [3.63, 3.8) is 0 Å². The molecule has 80 valence electrons. The van der Waals surface area contributed by atoms with Gasteiger partial charge in [-0.25, -0.2) is 0 Å². The Morgan fingerprint density at radius 3 is 2.40 bits per heavy atom. The number of nitrogens with zero attached hydrogens (tertiary/aromatic N) is 1. The van der Waals surface area contributed by atoms with Crippen LogP contribution < -0.4 is 5.32 Å². The van der Waals surface area contributed by atoms with Gasteiger partial charge in [0.05, 0.1) is 0 Å². The second-order valence-corrected chi connectivity index (χ2v) is 3.84. The monoisotopic (exact) mass is 208 g/mol. The molecule has 0 aromatic heterocycles. The summed E-state index contributed by atoms with van der Waals surface area (Å²) in [5, 5.41) is 2.76. The van der Waals surface area contributed by atoms with Gasteiger partial charge in [-0.15, -0.1) is 0 Å². The molecule has 0 saturated heterocycles. The van der Waals surface area contributed by atoms with Crippen LogP contribution in [0.15, 0.2) is 12.2 Å². The van der Waals surface area contributed by atoms with Gasteiger partial charge in [0.1, 0.15) is 6.04 Å². The lowest BCUT2D eigenvalue weighted by Crippen LogP contribution is -2.48. The Labute approximate surface area is 87.1 Å². The van der Waals surface area contributed by atoms with Crippen LogP contribution in [0.4, 0.5) is 0 Å². The van der Waals surface area contributed by atoms with E-state index in [1.807, 2.05) is 0 Å². The Hall–Kier alpha value is -1.65. The van der Waals surface area contributed by atoms with E-state index in [4.69, 9.17) is 0 Å². The van der Waals surface area contributed by atoms with Crippen LogP contribution in [0.5, 0.6) is 0 Å². The Morgan fingerprint density at radius 1 is 1.40 bits per heavy atom. The Bertz CT molecular complexity index is 340. The van der Waals surface area contributed by atoms with Crippen LogP contribution in [0.25, 0.3) is 0 Å². The highest BCUT2D eigenvalue weighted by atomic mass is 16.2. The first-order chi connectivity index (χ1) is 7.09. The van der Waals surface area contributed by atoms with Gasteiger partial charge in [-0.05, 0) is 19.8 Å². The third-order valence-electron chi connectivity index (χ3n) is 2.53. The molecule has 0 radical (unpaired) electrons. The molecule has 1 saturated carbocycles. The molecule has 2 aliphatic rings. The zero-order chi connectivity index (χ0) is 11.0. The third-order valence-corrected chi connectivity index (χ3v) is 2.53. The van der Waals surface area contributed by atoms with Crippen LogP contribution >= 0.6 is 0 Å². The fourth-order valence-electron chi connectivity index (χ4n) is 1.46. The topological polar surface area (TPSA) is 66.5 Å². The van der Waals surface area contributed by atoms with Crippen LogP contribution in [-0.4, -0.2) is 34.7 Å².